The molecule has 4 heteroatoms. The summed E-state index contributed by atoms with van der Waals surface area (Å²) in [7, 11) is 0. The minimum Gasteiger partial charge on any atom is -0.339 e. The van der Waals surface area contributed by atoms with E-state index in [1.54, 1.807) is 0 Å². The van der Waals surface area contributed by atoms with Gasteiger partial charge in [0.05, 0.1) is 0 Å². The molecule has 2 rings (SSSR count). The van der Waals surface area contributed by atoms with Gasteiger partial charge in [0.25, 0.3) is 0 Å². The second-order valence-corrected chi connectivity index (χ2v) is 2.92. The number of rotatable bonds is 3. The molecule has 0 bridgehead atoms. The van der Waals surface area contributed by atoms with Gasteiger partial charge in [0.1, 0.15) is 0 Å². The lowest BCUT2D eigenvalue weighted by Crippen LogP contribution is -2.02. The standard InChI is InChI=1S/C10H11N3O/c11-7-6-9-12-10(13-14-9)8-4-2-1-3-5-8/h1-5H,6-7,11H2. The third-order valence-electron chi connectivity index (χ3n) is 1.86. The molecule has 2 aromatic rings. The van der Waals surface area contributed by atoms with Gasteiger partial charge in [0, 0.05) is 18.5 Å². The quantitative estimate of drug-likeness (QED) is 0.788. The first-order valence-electron chi connectivity index (χ1n) is 4.48. The first kappa shape index (κ1) is 8.90. The van der Waals surface area contributed by atoms with Crippen molar-refractivity contribution in [1.82, 2.24) is 10.1 Å². The molecular weight excluding hydrogens is 178 g/mol. The zero-order valence-corrected chi connectivity index (χ0v) is 7.68. The highest BCUT2D eigenvalue weighted by molar-refractivity contribution is 5.53. The van der Waals surface area contributed by atoms with Gasteiger partial charge in [-0.05, 0) is 0 Å². The minimum atomic E-state index is 0.524. The van der Waals surface area contributed by atoms with Crippen molar-refractivity contribution in [1.29, 1.82) is 0 Å². The third-order valence-corrected chi connectivity index (χ3v) is 1.86. The average Bonchev–Trinajstić information content (AvgIpc) is 2.68. The number of nitrogens with two attached hydrogens (primary N) is 1. The molecule has 2 N–H and O–H groups in total. The van der Waals surface area contributed by atoms with Crippen molar-refractivity contribution in [2.75, 3.05) is 6.54 Å². The zero-order valence-electron chi connectivity index (χ0n) is 7.68. The smallest absolute Gasteiger partial charge is 0.228 e. The Kier molecular flexibility index (Phi) is 2.55. The highest BCUT2D eigenvalue weighted by atomic mass is 16.5. The van der Waals surface area contributed by atoms with E-state index in [0.29, 0.717) is 24.7 Å². The Morgan fingerprint density at radius 3 is 2.71 bits per heavy atom. The van der Waals surface area contributed by atoms with Gasteiger partial charge in [-0.1, -0.05) is 35.5 Å². The van der Waals surface area contributed by atoms with Crippen LogP contribution in [-0.2, 0) is 6.42 Å². The van der Waals surface area contributed by atoms with Crippen molar-refractivity contribution < 1.29 is 4.52 Å². The van der Waals surface area contributed by atoms with Crippen molar-refractivity contribution in [3.05, 3.63) is 36.2 Å². The van der Waals surface area contributed by atoms with Gasteiger partial charge in [-0.15, -0.1) is 0 Å². The van der Waals surface area contributed by atoms with Crippen LogP contribution in [0.4, 0.5) is 0 Å². The topological polar surface area (TPSA) is 64.9 Å². The van der Waals surface area contributed by atoms with E-state index in [0.717, 1.165) is 5.56 Å². The van der Waals surface area contributed by atoms with E-state index in [-0.39, 0.29) is 0 Å². The first-order valence-corrected chi connectivity index (χ1v) is 4.48. The van der Waals surface area contributed by atoms with Crippen LogP contribution in [0.3, 0.4) is 0 Å². The number of aromatic nitrogens is 2. The molecular formula is C10H11N3O. The molecule has 0 aliphatic rings. The summed E-state index contributed by atoms with van der Waals surface area (Å²) in [5, 5.41) is 3.86. The molecule has 0 amide bonds. The number of nitrogens with zero attached hydrogens (tertiary/aromatic N) is 2. The van der Waals surface area contributed by atoms with Crippen LogP contribution < -0.4 is 5.73 Å². The largest absolute Gasteiger partial charge is 0.339 e. The predicted octanol–water partition coefficient (Wildman–Crippen LogP) is 1.24. The normalized spacial score (nSPS) is 10.4. The van der Waals surface area contributed by atoms with Crippen molar-refractivity contribution in [3.63, 3.8) is 0 Å². The Bertz CT molecular complexity index is 397. The third kappa shape index (κ3) is 1.80. The Labute approximate surface area is 81.7 Å². The van der Waals surface area contributed by atoms with Gasteiger partial charge < -0.3 is 10.3 Å². The maximum Gasteiger partial charge on any atom is 0.228 e. The Morgan fingerprint density at radius 2 is 2.00 bits per heavy atom. The zero-order chi connectivity index (χ0) is 9.80. The van der Waals surface area contributed by atoms with E-state index < -0.39 is 0 Å². The van der Waals surface area contributed by atoms with E-state index in [1.807, 2.05) is 30.3 Å². The minimum absolute atomic E-state index is 0.524. The SMILES string of the molecule is NCCc1nc(-c2ccccc2)no1. The molecule has 0 aliphatic heterocycles. The van der Waals surface area contributed by atoms with E-state index in [1.165, 1.54) is 0 Å². The van der Waals surface area contributed by atoms with Crippen molar-refractivity contribution >= 4 is 0 Å². The monoisotopic (exact) mass is 189 g/mol. The molecule has 0 radical (unpaired) electrons. The van der Waals surface area contributed by atoms with Crippen LogP contribution in [0.2, 0.25) is 0 Å². The maximum absolute atomic E-state index is 5.38. The first-order chi connectivity index (χ1) is 6.90. The summed E-state index contributed by atoms with van der Waals surface area (Å²) in [5.74, 6) is 1.21. The molecule has 14 heavy (non-hydrogen) atoms. The fourth-order valence-electron chi connectivity index (χ4n) is 1.18. The summed E-state index contributed by atoms with van der Waals surface area (Å²) >= 11 is 0. The van der Waals surface area contributed by atoms with Gasteiger partial charge in [-0.25, -0.2) is 0 Å². The summed E-state index contributed by atoms with van der Waals surface area (Å²) in [5.41, 5.74) is 6.34. The average molecular weight is 189 g/mol. The van der Waals surface area contributed by atoms with Gasteiger partial charge in [-0.3, -0.25) is 0 Å². The molecule has 0 fully saturated rings. The van der Waals surface area contributed by atoms with E-state index >= 15 is 0 Å². The number of benzene rings is 1. The lowest BCUT2D eigenvalue weighted by Gasteiger charge is -1.90. The molecule has 1 heterocycles. The second-order valence-electron chi connectivity index (χ2n) is 2.92. The van der Waals surface area contributed by atoms with E-state index in [9.17, 15) is 0 Å². The Morgan fingerprint density at radius 1 is 1.21 bits per heavy atom. The van der Waals surface area contributed by atoms with Crippen molar-refractivity contribution in [2.24, 2.45) is 5.73 Å². The van der Waals surface area contributed by atoms with Crippen LogP contribution in [0.1, 0.15) is 5.89 Å². The number of hydrogen-bond donors (Lipinski definition) is 1. The van der Waals surface area contributed by atoms with E-state index in [4.69, 9.17) is 10.3 Å². The van der Waals surface area contributed by atoms with Crippen LogP contribution in [-0.4, -0.2) is 16.7 Å². The molecule has 72 valence electrons. The van der Waals surface area contributed by atoms with Crippen LogP contribution in [0.25, 0.3) is 11.4 Å². The van der Waals surface area contributed by atoms with Crippen molar-refractivity contribution in [2.45, 2.75) is 6.42 Å². The molecule has 0 unspecified atom stereocenters. The van der Waals surface area contributed by atoms with Crippen LogP contribution in [0.15, 0.2) is 34.9 Å². The highest BCUT2D eigenvalue weighted by Gasteiger charge is 2.06. The molecule has 1 aromatic carbocycles. The fraction of sp³-hybridized carbons (Fsp3) is 0.200. The molecule has 1 aromatic heterocycles. The lowest BCUT2D eigenvalue weighted by molar-refractivity contribution is 0.380. The summed E-state index contributed by atoms with van der Waals surface area (Å²) in [6, 6.07) is 9.71. The van der Waals surface area contributed by atoms with Gasteiger partial charge >= 0.3 is 0 Å². The highest BCUT2D eigenvalue weighted by Crippen LogP contribution is 2.14. The van der Waals surface area contributed by atoms with Gasteiger partial charge in [0.2, 0.25) is 11.7 Å². The van der Waals surface area contributed by atoms with Crippen LogP contribution in [0, 0.1) is 0 Å². The fourth-order valence-corrected chi connectivity index (χ4v) is 1.18. The summed E-state index contributed by atoms with van der Waals surface area (Å²) in [6.07, 6.45) is 0.625. The van der Waals surface area contributed by atoms with Crippen molar-refractivity contribution in [3.8, 4) is 11.4 Å². The van der Waals surface area contributed by atoms with Crippen LogP contribution >= 0.6 is 0 Å². The molecule has 0 atom stereocenters. The predicted molar refractivity (Wildman–Crippen MR) is 52.5 cm³/mol. The molecule has 0 spiro atoms. The molecule has 0 saturated heterocycles. The lowest BCUT2D eigenvalue weighted by atomic mass is 10.2. The second kappa shape index (κ2) is 4.02. The summed E-state index contributed by atoms with van der Waals surface area (Å²) in [6.45, 7) is 0.524. The summed E-state index contributed by atoms with van der Waals surface area (Å²) < 4.78 is 5.02. The van der Waals surface area contributed by atoms with Gasteiger partial charge in [0.15, 0.2) is 0 Å². The molecule has 4 nitrogen and oxygen atoms in total. The maximum atomic E-state index is 5.38. The Balaban J connectivity index is 2.25. The molecule has 0 aliphatic carbocycles. The van der Waals surface area contributed by atoms with E-state index in [2.05, 4.69) is 10.1 Å². The number of hydrogen-bond acceptors (Lipinski definition) is 4. The Hall–Kier alpha value is -1.68. The van der Waals surface area contributed by atoms with Gasteiger partial charge in [-0.2, -0.15) is 4.98 Å². The molecule has 0 saturated carbocycles. The summed E-state index contributed by atoms with van der Waals surface area (Å²) in [4.78, 5) is 4.21. The van der Waals surface area contributed by atoms with Crippen LogP contribution in [0.5, 0.6) is 0 Å².